The maximum atomic E-state index is 3.99. The van der Waals surface area contributed by atoms with E-state index < -0.39 is 0 Å². The fourth-order valence-electron chi connectivity index (χ4n) is 0.799. The lowest BCUT2D eigenvalue weighted by Crippen LogP contribution is -1.76. The molecule has 40 valence electrons. The fraction of sp³-hybridized carbons (Fsp3) is 0.200. The topological polar surface area (TPSA) is 41.0 Å². The van der Waals surface area contributed by atoms with Crippen molar-refractivity contribution in [3.8, 4) is 0 Å². The summed E-state index contributed by atoms with van der Waals surface area (Å²) in [5.74, 6) is 0.852. The van der Waals surface area contributed by atoms with E-state index in [0.29, 0.717) is 0 Å². The van der Waals surface area contributed by atoms with Crippen molar-refractivity contribution in [2.45, 2.75) is 6.42 Å². The molecule has 1 aliphatic heterocycles. The molecule has 1 N–H and O–H groups in total. The highest BCUT2D eigenvalue weighted by molar-refractivity contribution is 5.72. The molecule has 0 bridgehead atoms. The van der Waals surface area contributed by atoms with Crippen molar-refractivity contribution in [2.75, 3.05) is 0 Å². The summed E-state index contributed by atoms with van der Waals surface area (Å²) < 4.78 is 0. The smallest absolute Gasteiger partial charge is 0.173 e. The van der Waals surface area contributed by atoms with Gasteiger partial charge in [0.15, 0.2) is 5.82 Å². The molecule has 0 atom stereocenters. The standard InChI is InChI=1S/C5H5N3/c1-2-6-5-4(1)7-3-8-5/h2-3H,1H2,(H,7,8). The molecular weight excluding hydrogens is 102 g/mol. The SMILES string of the molecule is C1=Nc2nc[nH]c2C1. The maximum absolute atomic E-state index is 3.99. The molecule has 0 saturated carbocycles. The summed E-state index contributed by atoms with van der Waals surface area (Å²) in [5, 5.41) is 0. The molecule has 0 saturated heterocycles. The number of aromatic nitrogens is 2. The van der Waals surface area contributed by atoms with Crippen LogP contribution in [0.25, 0.3) is 0 Å². The average Bonchev–Trinajstić information content (AvgIpc) is 2.15. The molecule has 3 heteroatoms. The van der Waals surface area contributed by atoms with Crippen molar-refractivity contribution in [1.29, 1.82) is 0 Å². The number of hydrogen-bond donors (Lipinski definition) is 1. The van der Waals surface area contributed by atoms with Crippen LogP contribution in [0.15, 0.2) is 11.3 Å². The number of imidazole rings is 1. The van der Waals surface area contributed by atoms with Gasteiger partial charge < -0.3 is 4.98 Å². The van der Waals surface area contributed by atoms with Crippen LogP contribution in [0.1, 0.15) is 5.69 Å². The van der Waals surface area contributed by atoms with Crippen LogP contribution in [-0.2, 0) is 6.42 Å². The van der Waals surface area contributed by atoms with Crippen LogP contribution in [0.2, 0.25) is 0 Å². The fourth-order valence-corrected chi connectivity index (χ4v) is 0.799. The number of aromatic amines is 1. The van der Waals surface area contributed by atoms with Crippen LogP contribution in [0.3, 0.4) is 0 Å². The Bertz CT molecular complexity index is 223. The van der Waals surface area contributed by atoms with Gasteiger partial charge in [-0.3, -0.25) is 0 Å². The highest BCUT2D eigenvalue weighted by Gasteiger charge is 2.05. The number of rotatable bonds is 0. The molecule has 0 spiro atoms. The minimum Gasteiger partial charge on any atom is -0.346 e. The van der Waals surface area contributed by atoms with Gasteiger partial charge in [-0.25, -0.2) is 9.98 Å². The van der Waals surface area contributed by atoms with Crippen molar-refractivity contribution >= 4 is 12.0 Å². The molecule has 2 heterocycles. The van der Waals surface area contributed by atoms with Gasteiger partial charge in [0.2, 0.25) is 0 Å². The molecule has 0 aliphatic carbocycles. The number of nitrogens with zero attached hydrogens (tertiary/aromatic N) is 2. The minimum absolute atomic E-state index is 0.852. The molecular formula is C5H5N3. The third-order valence-electron chi connectivity index (χ3n) is 1.20. The second kappa shape index (κ2) is 1.18. The average molecular weight is 107 g/mol. The Labute approximate surface area is 46.5 Å². The largest absolute Gasteiger partial charge is 0.346 e. The molecule has 8 heavy (non-hydrogen) atoms. The van der Waals surface area contributed by atoms with Crippen molar-refractivity contribution in [2.24, 2.45) is 4.99 Å². The lowest BCUT2D eigenvalue weighted by molar-refractivity contribution is 1.22. The minimum atomic E-state index is 0.852. The van der Waals surface area contributed by atoms with Gasteiger partial charge in [0.1, 0.15) is 0 Å². The van der Waals surface area contributed by atoms with E-state index in [1.54, 1.807) is 6.33 Å². The Morgan fingerprint density at radius 3 is 3.50 bits per heavy atom. The van der Waals surface area contributed by atoms with Gasteiger partial charge in [0.25, 0.3) is 0 Å². The van der Waals surface area contributed by atoms with Crippen molar-refractivity contribution in [1.82, 2.24) is 9.97 Å². The Morgan fingerprint density at radius 2 is 2.62 bits per heavy atom. The van der Waals surface area contributed by atoms with Gasteiger partial charge in [0, 0.05) is 12.6 Å². The monoisotopic (exact) mass is 107 g/mol. The Hall–Kier alpha value is -1.12. The molecule has 0 aromatic carbocycles. The molecule has 0 unspecified atom stereocenters. The van der Waals surface area contributed by atoms with E-state index in [1.807, 2.05) is 6.21 Å². The van der Waals surface area contributed by atoms with Gasteiger partial charge in [-0.05, 0) is 0 Å². The molecule has 0 radical (unpaired) electrons. The van der Waals surface area contributed by atoms with Gasteiger partial charge in [0.05, 0.1) is 12.0 Å². The molecule has 0 amide bonds. The Morgan fingerprint density at radius 1 is 1.62 bits per heavy atom. The number of aliphatic imine (C=N–C) groups is 1. The summed E-state index contributed by atoms with van der Waals surface area (Å²) in [6, 6.07) is 0. The van der Waals surface area contributed by atoms with E-state index in [9.17, 15) is 0 Å². The van der Waals surface area contributed by atoms with Crippen LogP contribution in [-0.4, -0.2) is 16.2 Å². The third kappa shape index (κ3) is 0.332. The highest BCUT2D eigenvalue weighted by Crippen LogP contribution is 2.17. The van der Waals surface area contributed by atoms with E-state index in [1.165, 1.54) is 0 Å². The van der Waals surface area contributed by atoms with Crippen LogP contribution in [0, 0.1) is 0 Å². The number of fused-ring (bicyclic) bond motifs is 1. The van der Waals surface area contributed by atoms with Gasteiger partial charge in [-0.15, -0.1) is 0 Å². The van der Waals surface area contributed by atoms with E-state index in [-0.39, 0.29) is 0 Å². The first kappa shape index (κ1) is 3.83. The van der Waals surface area contributed by atoms with Crippen LogP contribution in [0.5, 0.6) is 0 Å². The predicted molar refractivity (Wildman–Crippen MR) is 30.4 cm³/mol. The van der Waals surface area contributed by atoms with Gasteiger partial charge >= 0.3 is 0 Å². The lowest BCUT2D eigenvalue weighted by atomic mass is 10.4. The zero-order valence-corrected chi connectivity index (χ0v) is 4.26. The zero-order valence-electron chi connectivity index (χ0n) is 4.26. The second-order valence-corrected chi connectivity index (χ2v) is 1.72. The first-order chi connectivity index (χ1) is 3.97. The van der Waals surface area contributed by atoms with Crippen LogP contribution < -0.4 is 0 Å². The number of nitrogens with one attached hydrogen (secondary N) is 1. The van der Waals surface area contributed by atoms with E-state index in [0.717, 1.165) is 17.9 Å². The number of hydrogen-bond acceptors (Lipinski definition) is 2. The predicted octanol–water partition coefficient (Wildman–Crippen LogP) is 0.668. The third-order valence-corrected chi connectivity index (χ3v) is 1.20. The summed E-state index contributed by atoms with van der Waals surface area (Å²) in [7, 11) is 0. The first-order valence-electron chi connectivity index (χ1n) is 2.51. The molecule has 1 aromatic rings. The molecule has 2 rings (SSSR count). The molecule has 3 nitrogen and oxygen atoms in total. The summed E-state index contributed by atoms with van der Waals surface area (Å²) in [4.78, 5) is 10.9. The molecule has 1 aliphatic rings. The summed E-state index contributed by atoms with van der Waals surface area (Å²) in [6.45, 7) is 0. The van der Waals surface area contributed by atoms with E-state index >= 15 is 0 Å². The van der Waals surface area contributed by atoms with Crippen LogP contribution in [0.4, 0.5) is 5.82 Å². The lowest BCUT2D eigenvalue weighted by Gasteiger charge is -1.77. The van der Waals surface area contributed by atoms with Crippen molar-refractivity contribution < 1.29 is 0 Å². The normalized spacial score (nSPS) is 14.5. The Kier molecular flexibility index (Phi) is 0.566. The highest BCUT2D eigenvalue weighted by atomic mass is 15.0. The second-order valence-electron chi connectivity index (χ2n) is 1.72. The zero-order chi connectivity index (χ0) is 5.40. The molecule has 1 aromatic heterocycles. The van der Waals surface area contributed by atoms with Gasteiger partial charge in [-0.2, -0.15) is 0 Å². The molecule has 0 fully saturated rings. The van der Waals surface area contributed by atoms with Gasteiger partial charge in [-0.1, -0.05) is 0 Å². The quantitative estimate of drug-likeness (QED) is 0.520. The number of H-pyrrole nitrogens is 1. The first-order valence-corrected chi connectivity index (χ1v) is 2.51. The van der Waals surface area contributed by atoms with Crippen molar-refractivity contribution in [3.05, 3.63) is 12.0 Å². The summed E-state index contributed by atoms with van der Waals surface area (Å²) in [6.07, 6.45) is 4.44. The van der Waals surface area contributed by atoms with Crippen molar-refractivity contribution in [3.63, 3.8) is 0 Å². The summed E-state index contributed by atoms with van der Waals surface area (Å²) in [5.41, 5.74) is 1.13. The van der Waals surface area contributed by atoms with E-state index in [2.05, 4.69) is 15.0 Å². The van der Waals surface area contributed by atoms with Crippen LogP contribution >= 0.6 is 0 Å². The van der Waals surface area contributed by atoms with E-state index in [4.69, 9.17) is 0 Å². The maximum Gasteiger partial charge on any atom is 0.173 e. The Balaban J connectivity index is 2.67. The summed E-state index contributed by atoms with van der Waals surface area (Å²) >= 11 is 0.